The van der Waals surface area contributed by atoms with E-state index in [-0.39, 0.29) is 48.1 Å². The lowest BCUT2D eigenvalue weighted by atomic mass is 10.1. The van der Waals surface area contributed by atoms with Crippen LogP contribution in [0.4, 0.5) is 5.69 Å². The number of rotatable bonds is 6. The molecule has 1 saturated heterocycles. The van der Waals surface area contributed by atoms with Crippen molar-refractivity contribution in [3.05, 3.63) is 43.6 Å². The average molecular weight is 470 g/mol. The first-order chi connectivity index (χ1) is 14.6. The molecule has 0 radical (unpaired) electrons. The Bertz CT molecular complexity index is 1120. The van der Waals surface area contributed by atoms with E-state index in [2.05, 4.69) is 0 Å². The number of amides is 1. The number of sulfonamides is 1. The second kappa shape index (κ2) is 8.81. The van der Waals surface area contributed by atoms with Crippen molar-refractivity contribution in [2.75, 3.05) is 40.4 Å². The van der Waals surface area contributed by atoms with Crippen molar-refractivity contribution in [2.24, 2.45) is 0 Å². The number of ether oxygens (including phenoxy) is 2. The van der Waals surface area contributed by atoms with Gasteiger partial charge in [-0.25, -0.2) is 8.42 Å². The van der Waals surface area contributed by atoms with E-state index in [0.717, 1.165) is 15.8 Å². The maximum atomic E-state index is 13.0. The third-order valence-electron chi connectivity index (χ3n) is 5.07. The minimum Gasteiger partial charge on any atom is -0.493 e. The Morgan fingerprint density at radius 1 is 1.06 bits per heavy atom. The van der Waals surface area contributed by atoms with E-state index in [4.69, 9.17) is 9.47 Å². The van der Waals surface area contributed by atoms with Crippen molar-refractivity contribution in [3.8, 4) is 11.5 Å². The van der Waals surface area contributed by atoms with Crippen LogP contribution in [0.2, 0.25) is 0 Å². The molecule has 1 aliphatic heterocycles. The summed E-state index contributed by atoms with van der Waals surface area (Å²) >= 11 is 1.42. The molecule has 1 aliphatic rings. The summed E-state index contributed by atoms with van der Waals surface area (Å²) in [6.45, 7) is 4.05. The highest BCUT2D eigenvalue weighted by Gasteiger charge is 2.34. The molecular formula is C19H23N3O7S2. The number of thiophene rings is 1. The highest BCUT2D eigenvalue weighted by Crippen LogP contribution is 2.35. The van der Waals surface area contributed by atoms with E-state index in [0.29, 0.717) is 0 Å². The zero-order valence-electron chi connectivity index (χ0n) is 17.6. The number of aryl methyl sites for hydroxylation is 2. The fourth-order valence-electron chi connectivity index (χ4n) is 3.50. The second-order valence-corrected chi connectivity index (χ2v) is 10.3. The van der Waals surface area contributed by atoms with Crippen LogP contribution in [0, 0.1) is 24.0 Å². The molecule has 1 fully saturated rings. The lowest BCUT2D eigenvalue weighted by Gasteiger charge is -2.34. The van der Waals surface area contributed by atoms with Crippen LogP contribution in [0.15, 0.2) is 23.1 Å². The Kier molecular flexibility index (Phi) is 6.53. The van der Waals surface area contributed by atoms with Gasteiger partial charge in [0.05, 0.1) is 30.1 Å². The Labute approximate surface area is 184 Å². The summed E-state index contributed by atoms with van der Waals surface area (Å²) in [6.07, 6.45) is 0. The van der Waals surface area contributed by atoms with Gasteiger partial charge in [0.2, 0.25) is 10.0 Å². The van der Waals surface area contributed by atoms with Crippen LogP contribution >= 0.6 is 11.3 Å². The molecule has 0 unspecified atom stereocenters. The molecule has 0 spiro atoms. The maximum Gasteiger partial charge on any atom is 0.286 e. The number of nitro benzene ring substituents is 1. The van der Waals surface area contributed by atoms with Crippen molar-refractivity contribution in [3.63, 3.8) is 0 Å². The zero-order chi connectivity index (χ0) is 22.9. The number of carbonyl (C=O) groups excluding carboxylic acids is 1. The maximum absolute atomic E-state index is 13.0. The van der Waals surface area contributed by atoms with E-state index in [1.54, 1.807) is 13.0 Å². The molecule has 0 saturated carbocycles. The smallest absolute Gasteiger partial charge is 0.286 e. The van der Waals surface area contributed by atoms with Gasteiger partial charge < -0.3 is 14.4 Å². The molecule has 1 aromatic carbocycles. The van der Waals surface area contributed by atoms with E-state index in [1.165, 1.54) is 40.8 Å². The van der Waals surface area contributed by atoms with E-state index in [1.807, 2.05) is 6.92 Å². The summed E-state index contributed by atoms with van der Waals surface area (Å²) in [6, 6.07) is 4.08. The lowest BCUT2D eigenvalue weighted by Crippen LogP contribution is -2.50. The topological polar surface area (TPSA) is 119 Å². The van der Waals surface area contributed by atoms with Gasteiger partial charge in [0.15, 0.2) is 11.5 Å². The molecule has 3 rings (SSSR count). The van der Waals surface area contributed by atoms with Crippen LogP contribution in [-0.4, -0.2) is 68.9 Å². The lowest BCUT2D eigenvalue weighted by molar-refractivity contribution is -0.385. The van der Waals surface area contributed by atoms with Gasteiger partial charge in [-0.3, -0.25) is 14.9 Å². The minimum absolute atomic E-state index is 0.101. The van der Waals surface area contributed by atoms with Gasteiger partial charge in [0.1, 0.15) is 5.56 Å². The summed E-state index contributed by atoms with van der Waals surface area (Å²) in [5, 5.41) is 11.5. The fourth-order valence-corrected chi connectivity index (χ4v) is 6.44. The first kappa shape index (κ1) is 23.0. The summed E-state index contributed by atoms with van der Waals surface area (Å²) in [4.78, 5) is 27.2. The molecule has 1 aromatic heterocycles. The molecule has 10 nitrogen and oxygen atoms in total. The Morgan fingerprint density at radius 3 is 2.13 bits per heavy atom. The molecule has 2 heterocycles. The molecular weight excluding hydrogens is 446 g/mol. The molecule has 168 valence electrons. The predicted molar refractivity (Wildman–Crippen MR) is 115 cm³/mol. The number of hydrogen-bond acceptors (Lipinski definition) is 8. The first-order valence-electron chi connectivity index (χ1n) is 9.37. The highest BCUT2D eigenvalue weighted by molar-refractivity contribution is 7.89. The minimum atomic E-state index is -3.67. The van der Waals surface area contributed by atoms with Gasteiger partial charge in [0, 0.05) is 42.0 Å². The van der Waals surface area contributed by atoms with Gasteiger partial charge in [0.25, 0.3) is 11.6 Å². The summed E-state index contributed by atoms with van der Waals surface area (Å²) < 4.78 is 37.5. The van der Waals surface area contributed by atoms with Gasteiger partial charge in [-0.1, -0.05) is 0 Å². The monoisotopic (exact) mass is 469 g/mol. The average Bonchev–Trinajstić information content (AvgIpc) is 3.10. The number of piperazine rings is 1. The number of benzene rings is 1. The molecule has 2 aromatic rings. The van der Waals surface area contributed by atoms with Crippen LogP contribution in [0.1, 0.15) is 20.1 Å². The van der Waals surface area contributed by atoms with Crippen LogP contribution in [0.25, 0.3) is 0 Å². The fraction of sp³-hybridized carbons (Fsp3) is 0.421. The van der Waals surface area contributed by atoms with Crippen LogP contribution in [0.5, 0.6) is 11.5 Å². The number of carbonyl (C=O) groups is 1. The molecule has 31 heavy (non-hydrogen) atoms. The number of nitrogens with zero attached hydrogens (tertiary/aromatic N) is 3. The molecule has 1 amide bonds. The molecule has 0 aliphatic carbocycles. The van der Waals surface area contributed by atoms with E-state index in [9.17, 15) is 23.3 Å². The molecule has 0 atom stereocenters. The normalized spacial score (nSPS) is 15.0. The number of nitro groups is 1. The SMILES string of the molecule is COc1cc(C(=O)N2CCN(S(=O)(=O)c3cc(C)sc3C)CC2)c([N+](=O)[O-])cc1OC. The molecule has 0 bridgehead atoms. The van der Waals surface area contributed by atoms with Gasteiger partial charge in [-0.2, -0.15) is 4.31 Å². The van der Waals surface area contributed by atoms with Crippen molar-refractivity contribution >= 4 is 33.0 Å². The predicted octanol–water partition coefficient (Wildman–Crippen LogP) is 2.44. The van der Waals surface area contributed by atoms with Crippen LogP contribution < -0.4 is 9.47 Å². The first-order valence-corrected chi connectivity index (χ1v) is 11.6. The standard InChI is InChI=1S/C19H23N3O7S2/c1-12-9-18(13(2)30-12)31(26,27)21-7-5-20(6-8-21)19(23)14-10-16(28-3)17(29-4)11-15(14)22(24)25/h9-11H,5-8H2,1-4H3. The van der Waals surface area contributed by atoms with Crippen molar-refractivity contribution in [1.29, 1.82) is 0 Å². The Morgan fingerprint density at radius 2 is 1.65 bits per heavy atom. The zero-order valence-corrected chi connectivity index (χ0v) is 19.2. The van der Waals surface area contributed by atoms with Gasteiger partial charge >= 0.3 is 0 Å². The van der Waals surface area contributed by atoms with Crippen molar-refractivity contribution < 1.29 is 27.6 Å². The highest BCUT2D eigenvalue weighted by atomic mass is 32.2. The third kappa shape index (κ3) is 4.36. The summed E-state index contributed by atoms with van der Waals surface area (Å²) in [5.74, 6) is -0.226. The van der Waals surface area contributed by atoms with E-state index >= 15 is 0 Å². The summed E-state index contributed by atoms with van der Waals surface area (Å²) in [5.41, 5.74) is -0.537. The van der Waals surface area contributed by atoms with Crippen LogP contribution in [0.3, 0.4) is 0 Å². The largest absolute Gasteiger partial charge is 0.493 e. The van der Waals surface area contributed by atoms with Crippen LogP contribution in [-0.2, 0) is 10.0 Å². The molecule has 0 N–H and O–H groups in total. The summed E-state index contributed by atoms with van der Waals surface area (Å²) in [7, 11) is -0.948. The van der Waals surface area contributed by atoms with Crippen molar-refractivity contribution in [2.45, 2.75) is 18.7 Å². The second-order valence-electron chi connectivity index (χ2n) is 6.96. The number of hydrogen-bond donors (Lipinski definition) is 0. The van der Waals surface area contributed by atoms with Crippen molar-refractivity contribution in [1.82, 2.24) is 9.21 Å². The third-order valence-corrected chi connectivity index (χ3v) is 8.19. The Balaban J connectivity index is 1.82. The van der Waals surface area contributed by atoms with E-state index < -0.39 is 26.5 Å². The van der Waals surface area contributed by atoms with Gasteiger partial charge in [-0.05, 0) is 19.9 Å². The quantitative estimate of drug-likeness (QED) is 0.471. The number of methoxy groups -OCH3 is 2. The molecule has 12 heteroatoms. The van der Waals surface area contributed by atoms with Gasteiger partial charge in [-0.15, -0.1) is 11.3 Å². The Hall–Kier alpha value is -2.70.